The van der Waals surface area contributed by atoms with Gasteiger partial charge in [0.15, 0.2) is 0 Å². The summed E-state index contributed by atoms with van der Waals surface area (Å²) in [5.41, 5.74) is 7.44. The van der Waals surface area contributed by atoms with Crippen molar-refractivity contribution in [3.05, 3.63) is 29.6 Å². The second-order valence-electron chi connectivity index (χ2n) is 4.90. The summed E-state index contributed by atoms with van der Waals surface area (Å²) in [6.45, 7) is 2.43. The minimum absolute atomic E-state index is 0.317. The molecule has 2 unspecified atom stereocenters. The van der Waals surface area contributed by atoms with Crippen molar-refractivity contribution in [2.45, 2.75) is 31.5 Å². The molecule has 2 heterocycles. The third-order valence-electron chi connectivity index (χ3n) is 3.72. The van der Waals surface area contributed by atoms with Gasteiger partial charge >= 0.3 is 0 Å². The van der Waals surface area contributed by atoms with Crippen molar-refractivity contribution in [2.24, 2.45) is 5.73 Å². The highest BCUT2D eigenvalue weighted by molar-refractivity contribution is 5.25. The average Bonchev–Trinajstić information content (AvgIpc) is 2.48. The van der Waals surface area contributed by atoms with Gasteiger partial charge in [-0.2, -0.15) is 5.26 Å². The molecule has 5 heteroatoms. The first kappa shape index (κ1) is 13.9. The molecule has 2 N–H and O–H groups in total. The summed E-state index contributed by atoms with van der Waals surface area (Å²) in [4.78, 5) is 6.36. The maximum absolute atomic E-state index is 8.87. The van der Waals surface area contributed by atoms with Crippen LogP contribution in [0.15, 0.2) is 18.3 Å². The molecule has 1 aromatic heterocycles. The minimum atomic E-state index is 0.317. The highest BCUT2D eigenvalue weighted by Gasteiger charge is 2.27. The van der Waals surface area contributed by atoms with E-state index in [1.807, 2.05) is 12.1 Å². The number of hydrogen-bond acceptors (Lipinski definition) is 5. The van der Waals surface area contributed by atoms with E-state index in [0.29, 0.717) is 24.4 Å². The summed E-state index contributed by atoms with van der Waals surface area (Å²) in [6, 6.07) is 6.21. The van der Waals surface area contributed by atoms with Crippen molar-refractivity contribution in [2.75, 3.05) is 20.2 Å². The van der Waals surface area contributed by atoms with Gasteiger partial charge in [-0.3, -0.25) is 4.90 Å². The van der Waals surface area contributed by atoms with Crippen LogP contribution < -0.4 is 5.73 Å². The van der Waals surface area contributed by atoms with Gasteiger partial charge in [-0.05, 0) is 30.5 Å². The molecule has 0 radical (unpaired) electrons. The quantitative estimate of drug-likeness (QED) is 0.870. The van der Waals surface area contributed by atoms with E-state index >= 15 is 0 Å². The molecule has 0 aromatic carbocycles. The molecule has 5 nitrogen and oxygen atoms in total. The Hall–Kier alpha value is -1.48. The fourth-order valence-electron chi connectivity index (χ4n) is 2.60. The number of ether oxygens (including phenoxy) is 1. The van der Waals surface area contributed by atoms with E-state index in [1.165, 1.54) is 0 Å². The molecule has 2 rings (SSSR count). The Morgan fingerprint density at radius 3 is 3.16 bits per heavy atom. The Bertz CT molecular complexity index is 457. The first-order valence-corrected chi connectivity index (χ1v) is 6.58. The Morgan fingerprint density at radius 1 is 1.63 bits per heavy atom. The van der Waals surface area contributed by atoms with Crippen LogP contribution in [0, 0.1) is 11.3 Å². The normalized spacial score (nSPS) is 24.1. The van der Waals surface area contributed by atoms with Crippen molar-refractivity contribution in [1.29, 1.82) is 5.26 Å². The van der Waals surface area contributed by atoms with Crippen molar-refractivity contribution in [3.8, 4) is 6.07 Å². The van der Waals surface area contributed by atoms with Crippen LogP contribution in [0.3, 0.4) is 0 Å². The minimum Gasteiger partial charge on any atom is -0.381 e. The number of piperidine rings is 1. The lowest BCUT2D eigenvalue weighted by atomic mass is 9.98. The van der Waals surface area contributed by atoms with Gasteiger partial charge in [0, 0.05) is 39.0 Å². The number of nitriles is 1. The zero-order chi connectivity index (χ0) is 13.7. The standard InChI is InChI=1S/C14H20N4O/c1-19-14-3-5-18(13(7-14)9-16)10-11-2-4-17-12(6-11)8-15/h2,4,6,13-14H,3,5,7,9-10,16H2,1H3. The summed E-state index contributed by atoms with van der Waals surface area (Å²) in [6.07, 6.45) is 4.01. The fraction of sp³-hybridized carbons (Fsp3) is 0.571. The monoisotopic (exact) mass is 260 g/mol. The zero-order valence-electron chi connectivity index (χ0n) is 11.2. The van der Waals surface area contributed by atoms with Gasteiger partial charge in [-0.15, -0.1) is 0 Å². The molecule has 1 aliphatic rings. The third kappa shape index (κ3) is 3.51. The van der Waals surface area contributed by atoms with Crippen molar-refractivity contribution in [3.63, 3.8) is 0 Å². The number of hydrogen-bond donors (Lipinski definition) is 1. The highest BCUT2D eigenvalue weighted by Crippen LogP contribution is 2.21. The Balaban J connectivity index is 2.03. The van der Waals surface area contributed by atoms with E-state index in [1.54, 1.807) is 13.3 Å². The van der Waals surface area contributed by atoms with Gasteiger partial charge in [0.25, 0.3) is 0 Å². The van der Waals surface area contributed by atoms with E-state index in [9.17, 15) is 0 Å². The molecule has 19 heavy (non-hydrogen) atoms. The Kier molecular flexibility index (Phi) is 4.86. The van der Waals surface area contributed by atoms with Gasteiger partial charge < -0.3 is 10.5 Å². The van der Waals surface area contributed by atoms with Crippen molar-refractivity contribution >= 4 is 0 Å². The van der Waals surface area contributed by atoms with Gasteiger partial charge in [0.1, 0.15) is 11.8 Å². The molecule has 1 fully saturated rings. The fourth-order valence-corrected chi connectivity index (χ4v) is 2.60. The molecule has 0 amide bonds. The maximum Gasteiger partial charge on any atom is 0.140 e. The number of methoxy groups -OCH3 is 1. The molecule has 0 spiro atoms. The molecule has 102 valence electrons. The van der Waals surface area contributed by atoms with E-state index in [4.69, 9.17) is 15.7 Å². The molecular formula is C14H20N4O. The molecule has 2 atom stereocenters. The first-order chi connectivity index (χ1) is 9.26. The smallest absolute Gasteiger partial charge is 0.140 e. The largest absolute Gasteiger partial charge is 0.381 e. The Morgan fingerprint density at radius 2 is 2.47 bits per heavy atom. The predicted octanol–water partition coefficient (Wildman–Crippen LogP) is 0.891. The SMILES string of the molecule is COC1CCN(Cc2ccnc(C#N)c2)C(CN)C1. The average molecular weight is 260 g/mol. The number of likely N-dealkylation sites (tertiary alicyclic amines) is 1. The molecule has 0 bridgehead atoms. The van der Waals surface area contributed by atoms with Crippen LogP contribution in [0.2, 0.25) is 0 Å². The number of rotatable bonds is 4. The van der Waals surface area contributed by atoms with E-state index in [-0.39, 0.29) is 0 Å². The van der Waals surface area contributed by atoms with Gasteiger partial charge in [-0.25, -0.2) is 4.98 Å². The summed E-state index contributed by atoms with van der Waals surface area (Å²) >= 11 is 0. The second kappa shape index (κ2) is 6.62. The van der Waals surface area contributed by atoms with Crippen LogP contribution in [-0.2, 0) is 11.3 Å². The molecule has 1 saturated heterocycles. The van der Waals surface area contributed by atoms with Crippen molar-refractivity contribution in [1.82, 2.24) is 9.88 Å². The summed E-state index contributed by atoms with van der Waals surface area (Å²) in [5, 5.41) is 8.87. The topological polar surface area (TPSA) is 75.2 Å². The Labute approximate surface area is 114 Å². The third-order valence-corrected chi connectivity index (χ3v) is 3.72. The maximum atomic E-state index is 8.87. The van der Waals surface area contributed by atoms with Crippen LogP contribution in [0.1, 0.15) is 24.1 Å². The molecule has 1 aromatic rings. The molecule has 0 aliphatic carbocycles. The van der Waals surface area contributed by atoms with E-state index in [0.717, 1.165) is 31.5 Å². The first-order valence-electron chi connectivity index (χ1n) is 6.58. The van der Waals surface area contributed by atoms with E-state index < -0.39 is 0 Å². The highest BCUT2D eigenvalue weighted by atomic mass is 16.5. The van der Waals surface area contributed by atoms with Crippen LogP contribution >= 0.6 is 0 Å². The lowest BCUT2D eigenvalue weighted by Gasteiger charge is -2.38. The van der Waals surface area contributed by atoms with Crippen LogP contribution in [0.25, 0.3) is 0 Å². The second-order valence-corrected chi connectivity index (χ2v) is 4.90. The lowest BCUT2D eigenvalue weighted by Crippen LogP contribution is -2.47. The summed E-state index contributed by atoms with van der Waals surface area (Å²) < 4.78 is 5.42. The zero-order valence-corrected chi connectivity index (χ0v) is 11.2. The molecular weight excluding hydrogens is 240 g/mol. The van der Waals surface area contributed by atoms with Gasteiger partial charge in [0.05, 0.1) is 6.10 Å². The van der Waals surface area contributed by atoms with Crippen LogP contribution in [-0.4, -0.2) is 42.2 Å². The lowest BCUT2D eigenvalue weighted by molar-refractivity contribution is 0.0102. The van der Waals surface area contributed by atoms with Crippen molar-refractivity contribution < 1.29 is 4.74 Å². The predicted molar refractivity (Wildman–Crippen MR) is 72.2 cm³/mol. The summed E-state index contributed by atoms with van der Waals surface area (Å²) in [7, 11) is 1.76. The molecule has 1 aliphatic heterocycles. The van der Waals surface area contributed by atoms with Gasteiger partial charge in [0.2, 0.25) is 0 Å². The summed E-state index contributed by atoms with van der Waals surface area (Å²) in [5.74, 6) is 0. The number of aromatic nitrogens is 1. The number of nitrogens with two attached hydrogens (primary N) is 1. The molecule has 0 saturated carbocycles. The van der Waals surface area contributed by atoms with Gasteiger partial charge in [-0.1, -0.05) is 0 Å². The number of nitrogens with zero attached hydrogens (tertiary/aromatic N) is 3. The van der Waals surface area contributed by atoms with Crippen LogP contribution in [0.5, 0.6) is 0 Å². The van der Waals surface area contributed by atoms with Crippen LogP contribution in [0.4, 0.5) is 0 Å². The number of pyridine rings is 1. The van der Waals surface area contributed by atoms with E-state index in [2.05, 4.69) is 16.0 Å².